The molecule has 0 radical (unpaired) electrons. The molecular formula is C12H10ClIN4O. The Labute approximate surface area is 128 Å². The lowest BCUT2D eigenvalue weighted by atomic mass is 10.3. The van der Waals surface area contributed by atoms with E-state index >= 15 is 0 Å². The first kappa shape index (κ1) is 13.9. The topological polar surface area (TPSA) is 94.0 Å². The lowest BCUT2D eigenvalue weighted by Crippen LogP contribution is -2.14. The number of nitrogens with one attached hydrogen (secondary N) is 1. The van der Waals surface area contributed by atoms with Crippen LogP contribution in [0, 0.1) is 3.57 Å². The van der Waals surface area contributed by atoms with E-state index in [0.717, 1.165) is 9.26 Å². The molecule has 19 heavy (non-hydrogen) atoms. The van der Waals surface area contributed by atoms with Crippen molar-refractivity contribution in [2.45, 2.75) is 0 Å². The maximum Gasteiger partial charge on any atom is 0.267 e. The summed E-state index contributed by atoms with van der Waals surface area (Å²) in [6.07, 6.45) is 0. The smallest absolute Gasteiger partial charge is 0.267 e. The third kappa shape index (κ3) is 3.27. The lowest BCUT2D eigenvalue weighted by Gasteiger charge is -2.11. The molecule has 0 saturated heterocycles. The average Bonchev–Trinajstić information content (AvgIpc) is 2.34. The van der Waals surface area contributed by atoms with Gasteiger partial charge in [-0.15, -0.1) is 0 Å². The van der Waals surface area contributed by atoms with Crippen LogP contribution in [0.2, 0.25) is 5.02 Å². The van der Waals surface area contributed by atoms with Crippen LogP contribution < -0.4 is 16.8 Å². The summed E-state index contributed by atoms with van der Waals surface area (Å²) in [7, 11) is 0. The van der Waals surface area contributed by atoms with Crippen LogP contribution in [0.1, 0.15) is 10.5 Å². The number of nitrogen functional groups attached to an aromatic ring is 1. The van der Waals surface area contributed by atoms with Gasteiger partial charge in [0.2, 0.25) is 0 Å². The number of rotatable bonds is 3. The second-order valence-electron chi connectivity index (χ2n) is 3.75. The Morgan fingerprint density at radius 1 is 1.32 bits per heavy atom. The molecule has 0 bridgehead atoms. The van der Waals surface area contributed by atoms with Crippen LogP contribution in [0.15, 0.2) is 30.3 Å². The number of primary amides is 1. The molecule has 1 heterocycles. The summed E-state index contributed by atoms with van der Waals surface area (Å²) in [4.78, 5) is 15.2. The van der Waals surface area contributed by atoms with Gasteiger partial charge in [0.1, 0.15) is 5.69 Å². The molecule has 0 aliphatic heterocycles. The number of benzene rings is 1. The third-order valence-electron chi connectivity index (χ3n) is 2.36. The van der Waals surface area contributed by atoms with Crippen LogP contribution >= 0.6 is 34.2 Å². The van der Waals surface area contributed by atoms with E-state index in [0.29, 0.717) is 16.5 Å². The number of anilines is 3. The number of amides is 1. The van der Waals surface area contributed by atoms with Crippen molar-refractivity contribution in [3.8, 4) is 0 Å². The maximum atomic E-state index is 11.1. The molecule has 1 amide bonds. The molecule has 0 aliphatic carbocycles. The minimum atomic E-state index is -0.603. The molecule has 2 rings (SSSR count). The number of hydrogen-bond acceptors (Lipinski definition) is 4. The van der Waals surface area contributed by atoms with E-state index < -0.39 is 5.91 Å². The fraction of sp³-hybridized carbons (Fsp3) is 0. The van der Waals surface area contributed by atoms with E-state index in [-0.39, 0.29) is 5.69 Å². The number of nitrogens with two attached hydrogens (primary N) is 2. The zero-order chi connectivity index (χ0) is 14.0. The Morgan fingerprint density at radius 3 is 2.68 bits per heavy atom. The summed E-state index contributed by atoms with van der Waals surface area (Å²) in [5.74, 6) is -0.217. The average molecular weight is 389 g/mol. The van der Waals surface area contributed by atoms with Crippen LogP contribution in [-0.2, 0) is 0 Å². The van der Waals surface area contributed by atoms with Crippen molar-refractivity contribution < 1.29 is 4.79 Å². The van der Waals surface area contributed by atoms with E-state index in [1.165, 1.54) is 6.07 Å². The Bertz CT molecular complexity index is 648. The summed E-state index contributed by atoms with van der Waals surface area (Å²) in [6, 6.07) is 8.43. The van der Waals surface area contributed by atoms with E-state index in [2.05, 4.69) is 32.9 Å². The summed E-state index contributed by atoms with van der Waals surface area (Å²) in [5.41, 5.74) is 12.4. The van der Waals surface area contributed by atoms with Gasteiger partial charge in [0.25, 0.3) is 5.91 Å². The fourth-order valence-corrected chi connectivity index (χ4v) is 2.43. The molecular weight excluding hydrogens is 379 g/mol. The first-order valence-corrected chi connectivity index (χ1v) is 6.71. The van der Waals surface area contributed by atoms with Crippen molar-refractivity contribution in [1.82, 2.24) is 4.98 Å². The van der Waals surface area contributed by atoms with Gasteiger partial charge in [-0.1, -0.05) is 11.6 Å². The van der Waals surface area contributed by atoms with Gasteiger partial charge in [-0.05, 0) is 52.9 Å². The Hall–Kier alpha value is -1.54. The summed E-state index contributed by atoms with van der Waals surface area (Å²) >= 11 is 8.02. The first-order valence-electron chi connectivity index (χ1n) is 5.26. The summed E-state index contributed by atoms with van der Waals surface area (Å²) in [5, 5.41) is 3.69. The van der Waals surface area contributed by atoms with Gasteiger partial charge in [0.15, 0.2) is 5.82 Å². The largest absolute Gasteiger partial charge is 0.396 e. The molecule has 2 aromatic rings. The molecule has 0 atom stereocenters. The summed E-state index contributed by atoms with van der Waals surface area (Å²) in [6.45, 7) is 0. The molecule has 5 N–H and O–H groups in total. The van der Waals surface area contributed by atoms with E-state index in [4.69, 9.17) is 23.1 Å². The van der Waals surface area contributed by atoms with Crippen molar-refractivity contribution in [1.29, 1.82) is 0 Å². The first-order chi connectivity index (χ1) is 8.97. The van der Waals surface area contributed by atoms with Gasteiger partial charge in [-0.2, -0.15) is 0 Å². The Balaban J connectivity index is 2.37. The summed E-state index contributed by atoms with van der Waals surface area (Å²) < 4.78 is 0.913. The number of pyridine rings is 1. The Kier molecular flexibility index (Phi) is 4.11. The van der Waals surface area contributed by atoms with Gasteiger partial charge in [-0.25, -0.2) is 4.98 Å². The van der Waals surface area contributed by atoms with Crippen molar-refractivity contribution in [3.63, 3.8) is 0 Å². The van der Waals surface area contributed by atoms with Gasteiger partial charge < -0.3 is 16.8 Å². The van der Waals surface area contributed by atoms with Crippen LogP contribution in [0.5, 0.6) is 0 Å². The third-order valence-corrected chi connectivity index (χ3v) is 3.49. The van der Waals surface area contributed by atoms with Crippen molar-refractivity contribution >= 4 is 57.3 Å². The Morgan fingerprint density at radius 2 is 2.05 bits per heavy atom. The normalized spacial score (nSPS) is 10.2. The predicted octanol–water partition coefficient (Wildman–Crippen LogP) is 2.76. The van der Waals surface area contributed by atoms with E-state index in [1.807, 2.05) is 6.07 Å². The van der Waals surface area contributed by atoms with Gasteiger partial charge in [0.05, 0.1) is 11.4 Å². The zero-order valence-electron chi connectivity index (χ0n) is 9.65. The molecule has 0 aliphatic rings. The SMILES string of the molecule is NC(=O)c1ccc(N)c(Nc2ccc(Cl)cc2I)n1. The van der Waals surface area contributed by atoms with E-state index in [9.17, 15) is 4.79 Å². The number of hydrogen-bond donors (Lipinski definition) is 3. The van der Waals surface area contributed by atoms with E-state index in [1.54, 1.807) is 18.2 Å². The minimum Gasteiger partial charge on any atom is -0.396 e. The molecule has 1 aromatic carbocycles. The molecule has 7 heteroatoms. The van der Waals surface area contributed by atoms with Crippen LogP contribution in [0.3, 0.4) is 0 Å². The standard InChI is InChI=1S/C12H10ClIN4O/c13-6-1-3-9(7(14)5-6)17-12-8(15)2-4-10(18-12)11(16)19/h1-5H,15H2,(H2,16,19)(H,17,18). The zero-order valence-corrected chi connectivity index (χ0v) is 12.6. The molecule has 1 aromatic heterocycles. The molecule has 5 nitrogen and oxygen atoms in total. The highest BCUT2D eigenvalue weighted by molar-refractivity contribution is 14.1. The predicted molar refractivity (Wildman–Crippen MR) is 84.6 cm³/mol. The minimum absolute atomic E-state index is 0.153. The van der Waals surface area contributed by atoms with Gasteiger partial charge in [-0.3, -0.25) is 4.79 Å². The number of carbonyl (C=O) groups is 1. The van der Waals surface area contributed by atoms with Crippen molar-refractivity contribution in [3.05, 3.63) is 44.6 Å². The van der Waals surface area contributed by atoms with Gasteiger partial charge >= 0.3 is 0 Å². The van der Waals surface area contributed by atoms with Gasteiger partial charge in [0, 0.05) is 8.59 Å². The number of aromatic nitrogens is 1. The van der Waals surface area contributed by atoms with Crippen molar-refractivity contribution in [2.24, 2.45) is 5.73 Å². The monoisotopic (exact) mass is 388 g/mol. The maximum absolute atomic E-state index is 11.1. The number of nitrogens with zero attached hydrogens (tertiary/aromatic N) is 1. The molecule has 0 saturated carbocycles. The number of halogens is 2. The molecule has 0 fully saturated rings. The van der Waals surface area contributed by atoms with Crippen LogP contribution in [-0.4, -0.2) is 10.9 Å². The van der Waals surface area contributed by atoms with Crippen molar-refractivity contribution in [2.75, 3.05) is 11.1 Å². The molecule has 0 unspecified atom stereocenters. The second-order valence-corrected chi connectivity index (χ2v) is 5.35. The fourth-order valence-electron chi connectivity index (χ4n) is 1.43. The highest BCUT2D eigenvalue weighted by Crippen LogP contribution is 2.27. The molecule has 0 spiro atoms. The van der Waals surface area contributed by atoms with Crippen LogP contribution in [0.4, 0.5) is 17.2 Å². The van der Waals surface area contributed by atoms with Crippen LogP contribution in [0.25, 0.3) is 0 Å². The number of carbonyl (C=O) groups excluding carboxylic acids is 1. The quantitative estimate of drug-likeness (QED) is 0.705. The second kappa shape index (κ2) is 5.62. The highest BCUT2D eigenvalue weighted by atomic mass is 127. The lowest BCUT2D eigenvalue weighted by molar-refractivity contribution is 0.0996. The highest BCUT2D eigenvalue weighted by Gasteiger charge is 2.09. The molecule has 98 valence electrons.